The van der Waals surface area contributed by atoms with Gasteiger partial charge in [0.25, 0.3) is 0 Å². The maximum absolute atomic E-state index is 14.1. The molecular weight excluding hydrogens is 508 g/mol. The summed E-state index contributed by atoms with van der Waals surface area (Å²) in [7, 11) is 2.88. The Morgan fingerprint density at radius 3 is 2.45 bits per heavy atom. The lowest BCUT2D eigenvalue weighted by molar-refractivity contribution is -0.152. The first-order valence-electron chi connectivity index (χ1n) is 13.6. The molecule has 0 aliphatic carbocycles. The van der Waals surface area contributed by atoms with Gasteiger partial charge in [-0.1, -0.05) is 63.8 Å². The summed E-state index contributed by atoms with van der Waals surface area (Å²) in [5.41, 5.74) is 0.203. The maximum atomic E-state index is 14.1. The Bertz CT molecular complexity index is 1250. The molecule has 1 N–H and O–H groups in total. The first-order chi connectivity index (χ1) is 19.0. The summed E-state index contributed by atoms with van der Waals surface area (Å²) in [6.07, 6.45) is 5.53. The molecule has 0 unspecified atom stereocenters. The van der Waals surface area contributed by atoms with Crippen molar-refractivity contribution in [2.45, 2.75) is 64.1 Å². The fraction of sp³-hybridized carbons (Fsp3) is 0.469. The second-order valence-electron chi connectivity index (χ2n) is 11.3. The lowest BCUT2D eigenvalue weighted by Crippen LogP contribution is -2.57. The van der Waals surface area contributed by atoms with E-state index in [-0.39, 0.29) is 19.6 Å². The minimum atomic E-state index is -0.957. The van der Waals surface area contributed by atoms with Crippen LogP contribution in [0.25, 0.3) is 16.8 Å². The van der Waals surface area contributed by atoms with Crippen molar-refractivity contribution < 1.29 is 28.6 Å². The van der Waals surface area contributed by atoms with E-state index < -0.39 is 41.1 Å². The molecule has 0 saturated carbocycles. The smallest absolute Gasteiger partial charge is 0.407 e. The molecule has 3 atom stereocenters. The molecule has 8 nitrogen and oxygen atoms in total. The zero-order chi connectivity index (χ0) is 29.5. The second-order valence-corrected chi connectivity index (χ2v) is 11.3. The number of alkyl carbamates (subject to hydrolysis) is 1. The lowest BCUT2D eigenvalue weighted by Gasteiger charge is -2.35. The van der Waals surface area contributed by atoms with E-state index >= 15 is 0 Å². The Kier molecular flexibility index (Phi) is 10.1. The Labute approximate surface area is 237 Å². The second kappa shape index (κ2) is 13.1. The van der Waals surface area contributed by atoms with E-state index in [0.29, 0.717) is 6.42 Å². The summed E-state index contributed by atoms with van der Waals surface area (Å²) < 4.78 is 16.5. The van der Waals surface area contributed by atoms with Gasteiger partial charge in [-0.05, 0) is 58.7 Å². The zero-order valence-electron chi connectivity index (χ0n) is 24.3. The maximum Gasteiger partial charge on any atom is 0.407 e. The van der Waals surface area contributed by atoms with Gasteiger partial charge in [0.1, 0.15) is 17.7 Å². The Hall–Kier alpha value is -3.65. The van der Waals surface area contributed by atoms with Gasteiger partial charge in [0.2, 0.25) is 5.91 Å². The third-order valence-corrected chi connectivity index (χ3v) is 7.51. The molecule has 216 valence electrons. The van der Waals surface area contributed by atoms with E-state index in [1.165, 1.54) is 12.0 Å². The molecule has 0 radical (unpaired) electrons. The van der Waals surface area contributed by atoms with E-state index in [0.717, 1.165) is 34.7 Å². The van der Waals surface area contributed by atoms with Crippen LogP contribution in [-0.2, 0) is 29.4 Å². The topological polar surface area (TPSA) is 94.2 Å². The van der Waals surface area contributed by atoms with Gasteiger partial charge in [-0.3, -0.25) is 4.79 Å². The number of ether oxygens (including phenoxy) is 3. The van der Waals surface area contributed by atoms with Crippen molar-refractivity contribution in [2.24, 2.45) is 5.41 Å². The molecule has 1 heterocycles. The van der Waals surface area contributed by atoms with Crippen LogP contribution >= 0.6 is 0 Å². The highest BCUT2D eigenvalue weighted by Gasteiger charge is 2.53. The Morgan fingerprint density at radius 1 is 1.10 bits per heavy atom. The molecule has 1 aliphatic rings. The van der Waals surface area contributed by atoms with Crippen molar-refractivity contribution in [2.75, 3.05) is 27.4 Å². The summed E-state index contributed by atoms with van der Waals surface area (Å²) >= 11 is 0. The number of methoxy groups -OCH3 is 2. The minimum absolute atomic E-state index is 0.111. The van der Waals surface area contributed by atoms with Crippen molar-refractivity contribution >= 4 is 34.8 Å². The van der Waals surface area contributed by atoms with E-state index in [2.05, 4.69) is 18.5 Å². The third kappa shape index (κ3) is 6.91. The average Bonchev–Trinajstić information content (AvgIpc) is 3.35. The molecule has 3 rings (SSSR count). The fourth-order valence-corrected chi connectivity index (χ4v) is 5.13. The van der Waals surface area contributed by atoms with Crippen LogP contribution in [0.5, 0.6) is 0 Å². The molecule has 2 amide bonds. The normalized spacial score (nSPS) is 19.6. The van der Waals surface area contributed by atoms with Crippen molar-refractivity contribution in [1.82, 2.24) is 10.2 Å². The molecule has 1 fully saturated rings. The number of hydrogen-bond donors (Lipinski definition) is 1. The highest BCUT2D eigenvalue weighted by Crippen LogP contribution is 2.41. The van der Waals surface area contributed by atoms with E-state index in [1.807, 2.05) is 63.2 Å². The standard InChI is InChI=1S/C32H42N2O6/c1-8-10-11-12-17-40-30(37)33-27(31(3,4)5)28(35)34-21-32(39-7,20-26(34)29(36)38-6)25-16-15-23-14-13-22(9-2)18-24(23)19-25/h8-9,13-16,18-19,26-27H,1-2,10-12,17,20-21H2,3-7H3,(H,33,37)/t26-,27+,32-/m0/s1. The number of nitrogens with zero attached hydrogens (tertiary/aromatic N) is 1. The van der Waals surface area contributed by atoms with Crippen LogP contribution < -0.4 is 5.32 Å². The van der Waals surface area contributed by atoms with Gasteiger partial charge in [0.05, 0.1) is 20.3 Å². The van der Waals surface area contributed by atoms with Gasteiger partial charge >= 0.3 is 12.1 Å². The predicted molar refractivity (Wildman–Crippen MR) is 157 cm³/mol. The number of allylic oxidation sites excluding steroid dienone is 1. The van der Waals surface area contributed by atoms with Crippen LogP contribution in [0.3, 0.4) is 0 Å². The number of benzene rings is 2. The summed E-state index contributed by atoms with van der Waals surface area (Å²) in [6.45, 7) is 13.5. The summed E-state index contributed by atoms with van der Waals surface area (Å²) in [4.78, 5) is 41.2. The Balaban J connectivity index is 1.92. The van der Waals surface area contributed by atoms with Gasteiger partial charge in [0, 0.05) is 13.5 Å². The van der Waals surface area contributed by atoms with Crippen LogP contribution in [0.15, 0.2) is 55.6 Å². The lowest BCUT2D eigenvalue weighted by atomic mass is 9.85. The third-order valence-electron chi connectivity index (χ3n) is 7.51. The number of rotatable bonds is 11. The number of nitrogens with one attached hydrogen (secondary N) is 1. The van der Waals surface area contributed by atoms with Gasteiger partial charge < -0.3 is 24.4 Å². The van der Waals surface area contributed by atoms with Crippen LogP contribution in [0, 0.1) is 5.41 Å². The molecule has 1 aliphatic heterocycles. The molecule has 8 heteroatoms. The zero-order valence-corrected chi connectivity index (χ0v) is 24.3. The van der Waals surface area contributed by atoms with Gasteiger partial charge in [0.15, 0.2) is 0 Å². The first kappa shape index (κ1) is 30.9. The van der Waals surface area contributed by atoms with Crippen LogP contribution in [0.1, 0.15) is 57.6 Å². The van der Waals surface area contributed by atoms with Crippen molar-refractivity contribution in [1.29, 1.82) is 0 Å². The molecular formula is C32H42N2O6. The minimum Gasteiger partial charge on any atom is -0.467 e. The fourth-order valence-electron chi connectivity index (χ4n) is 5.13. The molecule has 0 bridgehead atoms. The van der Waals surface area contributed by atoms with Gasteiger partial charge in [-0.15, -0.1) is 6.58 Å². The molecule has 2 aromatic rings. The largest absolute Gasteiger partial charge is 0.467 e. The number of fused-ring (bicyclic) bond motifs is 1. The van der Waals surface area contributed by atoms with Gasteiger partial charge in [-0.2, -0.15) is 0 Å². The molecule has 1 saturated heterocycles. The van der Waals surface area contributed by atoms with Crippen molar-refractivity contribution in [3.05, 3.63) is 66.8 Å². The summed E-state index contributed by atoms with van der Waals surface area (Å²) in [5, 5.41) is 4.80. The Morgan fingerprint density at radius 2 is 1.82 bits per heavy atom. The highest BCUT2D eigenvalue weighted by atomic mass is 16.5. The number of esters is 1. The van der Waals surface area contributed by atoms with E-state index in [4.69, 9.17) is 14.2 Å². The number of likely N-dealkylation sites (tertiary alicyclic amines) is 1. The number of hydrogen-bond acceptors (Lipinski definition) is 6. The van der Waals surface area contributed by atoms with Crippen LogP contribution in [0.2, 0.25) is 0 Å². The first-order valence-corrected chi connectivity index (χ1v) is 13.6. The molecule has 40 heavy (non-hydrogen) atoms. The monoisotopic (exact) mass is 550 g/mol. The summed E-state index contributed by atoms with van der Waals surface area (Å²) in [6, 6.07) is 10.2. The highest BCUT2D eigenvalue weighted by molar-refractivity contribution is 5.91. The predicted octanol–water partition coefficient (Wildman–Crippen LogP) is 5.60. The molecule has 0 aromatic heterocycles. The average molecular weight is 551 g/mol. The number of amides is 2. The molecule has 2 aromatic carbocycles. The van der Waals surface area contributed by atoms with E-state index in [1.54, 1.807) is 13.2 Å². The SMILES string of the molecule is C=CCCCCOC(=O)N[C@H](C(=O)N1C[C@](OC)(c2ccc3ccc(C=C)cc3c2)C[C@H]1C(=O)OC)C(C)(C)C. The number of carbonyl (C=O) groups is 3. The van der Waals surface area contributed by atoms with E-state index in [9.17, 15) is 14.4 Å². The molecule has 0 spiro atoms. The van der Waals surface area contributed by atoms with Crippen LogP contribution in [-0.4, -0.2) is 62.3 Å². The quantitative estimate of drug-likeness (QED) is 0.223. The van der Waals surface area contributed by atoms with Crippen molar-refractivity contribution in [3.63, 3.8) is 0 Å². The van der Waals surface area contributed by atoms with Crippen molar-refractivity contribution in [3.8, 4) is 0 Å². The number of unbranched alkanes of at least 4 members (excludes halogenated alkanes) is 2. The van der Waals surface area contributed by atoms with Gasteiger partial charge in [-0.25, -0.2) is 9.59 Å². The van der Waals surface area contributed by atoms with Crippen LogP contribution in [0.4, 0.5) is 4.79 Å². The summed E-state index contributed by atoms with van der Waals surface area (Å²) in [5.74, 6) is -0.945. The number of carbonyl (C=O) groups excluding carboxylic acids is 3.